The molecule has 0 saturated heterocycles. The molecule has 4 rings (SSSR count). The maximum Gasteiger partial charge on any atom is 0.0471 e. The van der Waals surface area contributed by atoms with Crippen LogP contribution in [0.3, 0.4) is 0 Å². The van der Waals surface area contributed by atoms with Gasteiger partial charge in [0.05, 0.1) is 0 Å². The molecule has 0 bridgehead atoms. The van der Waals surface area contributed by atoms with Gasteiger partial charge >= 0.3 is 41.9 Å². The third kappa shape index (κ3) is 5.71. The zero-order chi connectivity index (χ0) is 17.8. The zero-order valence-electron chi connectivity index (χ0n) is 15.5. The van der Waals surface area contributed by atoms with Crippen molar-refractivity contribution in [3.05, 3.63) is 83.4 Å². The molecule has 0 aliphatic heterocycles. The molecule has 140 valence electrons. The van der Waals surface area contributed by atoms with Gasteiger partial charge in [0.1, 0.15) is 0 Å². The number of fused-ring (bicyclic) bond motifs is 2. The number of allylic oxidation sites excluding steroid dienone is 1. The van der Waals surface area contributed by atoms with E-state index in [2.05, 4.69) is 79.8 Å². The number of aliphatic hydroxyl groups is 1. The van der Waals surface area contributed by atoms with Crippen LogP contribution in [0.5, 0.6) is 0 Å². The first-order chi connectivity index (χ1) is 12.1. The number of halogens is 2. The first-order valence-electron chi connectivity index (χ1n) is 8.68. The molecule has 27 heavy (non-hydrogen) atoms. The summed E-state index contributed by atoms with van der Waals surface area (Å²) in [5.74, 6) is 0.308. The molecule has 3 aromatic carbocycles. The van der Waals surface area contributed by atoms with E-state index in [4.69, 9.17) is 0 Å². The van der Waals surface area contributed by atoms with Gasteiger partial charge in [-0.2, -0.15) is 6.07 Å². The maximum absolute atomic E-state index is 9.30. The molecule has 3 aromatic rings. The Labute approximate surface area is 189 Å². The Hall–Kier alpha value is -0.570. The fourth-order valence-electron chi connectivity index (χ4n) is 3.48. The average molecular weight is 494 g/mol. The molecule has 1 N–H and O–H groups in total. The Morgan fingerprint density at radius 2 is 1.63 bits per heavy atom. The summed E-state index contributed by atoms with van der Waals surface area (Å²) < 4.78 is 0. The van der Waals surface area contributed by atoms with Gasteiger partial charge in [-0.3, -0.25) is 0 Å². The van der Waals surface area contributed by atoms with Crippen molar-refractivity contribution in [1.29, 1.82) is 0 Å². The van der Waals surface area contributed by atoms with Gasteiger partial charge in [-0.1, -0.05) is 36.4 Å². The van der Waals surface area contributed by atoms with Crippen molar-refractivity contribution in [2.24, 2.45) is 0 Å². The monoisotopic (exact) mass is 491 g/mol. The van der Waals surface area contributed by atoms with Crippen LogP contribution in [0.25, 0.3) is 16.3 Å². The summed E-state index contributed by atoms with van der Waals surface area (Å²) in [7, 11) is 0. The second-order valence-electron chi connectivity index (χ2n) is 6.61. The van der Waals surface area contributed by atoms with Gasteiger partial charge in [0.2, 0.25) is 0 Å². The third-order valence-corrected chi connectivity index (χ3v) is 4.44. The molecule has 0 saturated carbocycles. The molecule has 0 amide bonds. The van der Waals surface area contributed by atoms with Crippen molar-refractivity contribution >= 4 is 21.8 Å². The number of hydrogen-bond donors (Lipinski definition) is 1. The van der Waals surface area contributed by atoms with Crippen LogP contribution in [-0.2, 0) is 23.3 Å². The summed E-state index contributed by atoms with van der Waals surface area (Å²) in [5, 5.41) is 11.9. The van der Waals surface area contributed by atoms with Crippen LogP contribution in [0.4, 0.5) is 0 Å². The quantitative estimate of drug-likeness (QED) is 0.377. The van der Waals surface area contributed by atoms with E-state index in [9.17, 15) is 5.11 Å². The van der Waals surface area contributed by atoms with E-state index in [1.807, 2.05) is 0 Å². The van der Waals surface area contributed by atoms with Crippen LogP contribution in [0.2, 0.25) is 13.1 Å². The van der Waals surface area contributed by atoms with Gasteiger partial charge in [-0.25, -0.2) is 0 Å². The molecular weight excluding hydrogens is 470 g/mol. The largest absolute Gasteiger partial charge is 1.00 e. The minimum absolute atomic E-state index is 0. The number of hydrogen-bond acceptors (Lipinski definition) is 1. The fraction of sp³-hybridized carbons (Fsp3) is 0.227. The van der Waals surface area contributed by atoms with Crippen molar-refractivity contribution in [3.8, 4) is 0 Å². The summed E-state index contributed by atoms with van der Waals surface area (Å²) in [6, 6.07) is 21.6. The molecule has 1 aliphatic carbocycles. The van der Waals surface area contributed by atoms with E-state index >= 15 is 0 Å². The Bertz CT molecular complexity index is 929. The fourth-order valence-corrected chi connectivity index (χ4v) is 3.48. The molecule has 1 nitrogen and oxygen atoms in total. The molecule has 1 aliphatic rings. The summed E-state index contributed by atoms with van der Waals surface area (Å²) in [6.07, 6.45) is 3.05. The van der Waals surface area contributed by atoms with E-state index in [1.54, 1.807) is 23.3 Å². The molecular formula is C22H23Cl2OSiZr-. The van der Waals surface area contributed by atoms with E-state index in [0.29, 0.717) is 5.92 Å². The van der Waals surface area contributed by atoms with Crippen LogP contribution in [-0.4, -0.2) is 17.1 Å². The number of aliphatic hydroxyl groups excluding tert-OH is 1. The van der Waals surface area contributed by atoms with Crippen LogP contribution in [0.1, 0.15) is 29.0 Å². The molecule has 1 unspecified atom stereocenters. The van der Waals surface area contributed by atoms with Crippen LogP contribution in [0.15, 0.2) is 66.7 Å². The molecule has 5 heteroatoms. The molecule has 1 atom stereocenters. The van der Waals surface area contributed by atoms with E-state index < -0.39 is 0 Å². The second kappa shape index (κ2) is 11.4. The predicted molar refractivity (Wildman–Crippen MR) is 105 cm³/mol. The van der Waals surface area contributed by atoms with Gasteiger partial charge in [0.25, 0.3) is 0 Å². The number of rotatable bonds is 3. The molecule has 0 aromatic heterocycles. The summed E-state index contributed by atoms with van der Waals surface area (Å²) in [4.78, 5) is 0. The maximum atomic E-state index is 9.30. The molecule has 0 heterocycles. The molecule has 0 spiro atoms. The summed E-state index contributed by atoms with van der Waals surface area (Å²) in [5.41, 5.74) is 5.50. The van der Waals surface area contributed by atoms with Gasteiger partial charge < -0.3 is 29.9 Å². The average Bonchev–Trinajstić information content (AvgIpc) is 3.17. The topological polar surface area (TPSA) is 20.2 Å². The normalized spacial score (nSPS) is 14.3. The van der Waals surface area contributed by atoms with Crippen molar-refractivity contribution in [2.75, 3.05) is 6.61 Å². The summed E-state index contributed by atoms with van der Waals surface area (Å²) in [6.45, 7) is 4.82. The van der Waals surface area contributed by atoms with Gasteiger partial charge in [0, 0.05) is 6.61 Å². The predicted octanol–water partition coefficient (Wildman–Crippen LogP) is -0.738. The van der Waals surface area contributed by atoms with Gasteiger partial charge in [-0.15, -0.1) is 40.6 Å². The Morgan fingerprint density at radius 1 is 1.00 bits per heavy atom. The van der Waals surface area contributed by atoms with Gasteiger partial charge in [0.15, 0.2) is 0 Å². The van der Waals surface area contributed by atoms with Gasteiger partial charge in [-0.05, 0) is 29.0 Å². The van der Waals surface area contributed by atoms with Crippen LogP contribution >= 0.6 is 0 Å². The third-order valence-electron chi connectivity index (χ3n) is 4.44. The van der Waals surface area contributed by atoms with Crippen LogP contribution in [0, 0.1) is 0 Å². The van der Waals surface area contributed by atoms with Crippen LogP contribution < -0.4 is 24.8 Å². The SMILES string of the molecule is C[Si](C)=[Zr+2].OCCC1=CC([c-]2ccc3ccccc32)c2ccccc21.[Cl-].[Cl-]. The summed E-state index contributed by atoms with van der Waals surface area (Å²) >= 11 is 1.74. The Balaban J connectivity index is 0.000000558. The first kappa shape index (κ1) is 24.5. The van der Waals surface area contributed by atoms with Crippen molar-refractivity contribution in [3.63, 3.8) is 0 Å². The minimum atomic E-state index is 0. The first-order valence-corrected chi connectivity index (χ1v) is 14.9. The zero-order valence-corrected chi connectivity index (χ0v) is 20.5. The minimum Gasteiger partial charge on any atom is -1.00 e. The second-order valence-corrected chi connectivity index (χ2v) is 16.0. The van der Waals surface area contributed by atoms with Crippen molar-refractivity contribution in [1.82, 2.24) is 0 Å². The number of benzene rings is 2. The van der Waals surface area contributed by atoms with Crippen molar-refractivity contribution in [2.45, 2.75) is 25.4 Å². The van der Waals surface area contributed by atoms with Crippen molar-refractivity contribution < 1.29 is 53.3 Å². The smallest absolute Gasteiger partial charge is 0.0471 e. The Morgan fingerprint density at radius 3 is 2.33 bits per heavy atom. The van der Waals surface area contributed by atoms with E-state index in [1.165, 1.54) is 33.0 Å². The molecule has 0 radical (unpaired) electrons. The molecule has 0 fully saturated rings. The standard InChI is InChI=1S/C20H17O.C2H6Si.2ClH.Zr/c21-12-11-15-13-20(18-8-4-3-7-17(15)18)19-10-9-14-5-1-2-6-16(14)19;1-3-2;;;/h1-10,13,20-21H,11-12H2;1-2H3;2*1H;/q-1;;;;+2/p-2. The van der Waals surface area contributed by atoms with E-state index in [-0.39, 0.29) is 36.9 Å². The Kier molecular flexibility index (Phi) is 10.4. The van der Waals surface area contributed by atoms with E-state index in [0.717, 1.165) is 6.42 Å².